The van der Waals surface area contributed by atoms with Crippen LogP contribution < -0.4 is 11.1 Å². The molecule has 0 radical (unpaired) electrons. The standard InChI is InChI=1S/C20H27N3O3S/c1-5-15-12-27-19(22-15)16(10-13-6-8-14(21)9-7-13)23-17(24)11-18(25)26-20(2,3)4/h6-9,12,16H,5,10-11,21H2,1-4H3,(H,23,24)/t16-/m0/s1. The first kappa shape index (κ1) is 20.9. The Morgan fingerprint density at radius 1 is 1.26 bits per heavy atom. The Kier molecular flexibility index (Phi) is 6.96. The van der Waals surface area contributed by atoms with Crippen molar-refractivity contribution >= 4 is 28.9 Å². The predicted octanol–water partition coefficient (Wildman–Crippen LogP) is 3.42. The summed E-state index contributed by atoms with van der Waals surface area (Å²) in [6.07, 6.45) is 1.08. The molecule has 1 aromatic heterocycles. The number of thiazole rings is 1. The summed E-state index contributed by atoms with van der Waals surface area (Å²) in [4.78, 5) is 28.9. The molecule has 27 heavy (non-hydrogen) atoms. The lowest BCUT2D eigenvalue weighted by Crippen LogP contribution is -2.33. The summed E-state index contributed by atoms with van der Waals surface area (Å²) >= 11 is 1.51. The summed E-state index contributed by atoms with van der Waals surface area (Å²) in [7, 11) is 0. The fourth-order valence-electron chi connectivity index (χ4n) is 2.49. The monoisotopic (exact) mass is 389 g/mol. The summed E-state index contributed by atoms with van der Waals surface area (Å²) in [5.74, 6) is -0.919. The van der Waals surface area contributed by atoms with Crippen LogP contribution in [0.3, 0.4) is 0 Å². The van der Waals surface area contributed by atoms with Gasteiger partial charge in [0.05, 0.1) is 11.7 Å². The van der Waals surface area contributed by atoms with Gasteiger partial charge in [0.2, 0.25) is 5.91 Å². The van der Waals surface area contributed by atoms with E-state index in [0.29, 0.717) is 12.1 Å². The van der Waals surface area contributed by atoms with Crippen LogP contribution in [-0.2, 0) is 27.2 Å². The molecule has 1 amide bonds. The van der Waals surface area contributed by atoms with Crippen LogP contribution in [0.4, 0.5) is 5.69 Å². The molecule has 1 atom stereocenters. The Bertz CT molecular complexity index is 779. The zero-order valence-corrected chi connectivity index (χ0v) is 17.1. The first-order valence-electron chi connectivity index (χ1n) is 8.96. The van der Waals surface area contributed by atoms with E-state index in [1.54, 1.807) is 20.8 Å². The molecule has 0 saturated heterocycles. The van der Waals surface area contributed by atoms with Crippen LogP contribution in [0.25, 0.3) is 0 Å². The minimum Gasteiger partial charge on any atom is -0.460 e. The van der Waals surface area contributed by atoms with E-state index in [0.717, 1.165) is 22.7 Å². The number of hydrogen-bond acceptors (Lipinski definition) is 6. The van der Waals surface area contributed by atoms with Crippen molar-refractivity contribution in [1.82, 2.24) is 10.3 Å². The summed E-state index contributed by atoms with van der Waals surface area (Å²) in [5.41, 5.74) is 7.83. The summed E-state index contributed by atoms with van der Waals surface area (Å²) < 4.78 is 5.22. The van der Waals surface area contributed by atoms with Gasteiger partial charge in [0.15, 0.2) is 0 Å². The van der Waals surface area contributed by atoms with Crippen LogP contribution in [0, 0.1) is 0 Å². The molecule has 0 aliphatic carbocycles. The maximum Gasteiger partial charge on any atom is 0.315 e. The highest BCUT2D eigenvalue weighted by atomic mass is 32.1. The molecule has 0 spiro atoms. The van der Waals surface area contributed by atoms with Gasteiger partial charge in [-0.1, -0.05) is 19.1 Å². The number of nitrogen functional groups attached to an aromatic ring is 1. The smallest absolute Gasteiger partial charge is 0.315 e. The second kappa shape index (κ2) is 8.99. The van der Waals surface area contributed by atoms with Crippen LogP contribution in [0.5, 0.6) is 0 Å². The zero-order chi connectivity index (χ0) is 20.0. The number of rotatable bonds is 7. The minimum absolute atomic E-state index is 0.311. The van der Waals surface area contributed by atoms with E-state index in [1.807, 2.05) is 36.6 Å². The van der Waals surface area contributed by atoms with Crippen molar-refractivity contribution in [2.75, 3.05) is 5.73 Å². The number of esters is 1. The van der Waals surface area contributed by atoms with E-state index in [4.69, 9.17) is 10.5 Å². The number of carbonyl (C=O) groups excluding carboxylic acids is 2. The normalized spacial score (nSPS) is 12.4. The summed E-state index contributed by atoms with van der Waals surface area (Å²) in [6, 6.07) is 7.20. The van der Waals surface area contributed by atoms with Gasteiger partial charge in [-0.25, -0.2) is 4.98 Å². The molecule has 6 nitrogen and oxygen atoms in total. The molecule has 0 fully saturated rings. The average molecular weight is 390 g/mol. The Morgan fingerprint density at radius 3 is 2.48 bits per heavy atom. The fraction of sp³-hybridized carbons (Fsp3) is 0.450. The molecular formula is C20H27N3O3S. The number of carbonyl (C=O) groups is 2. The molecule has 0 aliphatic heterocycles. The quantitative estimate of drug-likeness (QED) is 0.430. The number of nitrogens with zero attached hydrogens (tertiary/aromatic N) is 1. The van der Waals surface area contributed by atoms with Gasteiger partial charge in [-0.15, -0.1) is 11.3 Å². The number of aromatic nitrogens is 1. The molecule has 7 heteroatoms. The first-order valence-corrected chi connectivity index (χ1v) is 9.84. The van der Waals surface area contributed by atoms with Crippen LogP contribution in [0.2, 0.25) is 0 Å². The van der Waals surface area contributed by atoms with E-state index in [-0.39, 0.29) is 18.4 Å². The topological polar surface area (TPSA) is 94.3 Å². The maximum atomic E-state index is 12.4. The molecule has 0 bridgehead atoms. The zero-order valence-electron chi connectivity index (χ0n) is 16.2. The molecule has 0 unspecified atom stereocenters. The number of nitrogens with two attached hydrogens (primary N) is 1. The van der Waals surface area contributed by atoms with Gasteiger partial charge in [0.1, 0.15) is 17.0 Å². The molecule has 1 aromatic carbocycles. The van der Waals surface area contributed by atoms with Crippen molar-refractivity contribution in [1.29, 1.82) is 0 Å². The largest absolute Gasteiger partial charge is 0.460 e. The molecule has 1 heterocycles. The molecule has 0 saturated carbocycles. The van der Waals surface area contributed by atoms with Gasteiger partial charge < -0.3 is 15.8 Å². The molecule has 3 N–H and O–H groups in total. The van der Waals surface area contributed by atoms with Crippen LogP contribution in [-0.4, -0.2) is 22.5 Å². The van der Waals surface area contributed by atoms with Gasteiger partial charge in [-0.2, -0.15) is 0 Å². The van der Waals surface area contributed by atoms with Crippen LogP contribution >= 0.6 is 11.3 Å². The van der Waals surface area contributed by atoms with Crippen LogP contribution in [0.1, 0.15) is 56.4 Å². The number of anilines is 1. The lowest BCUT2D eigenvalue weighted by molar-refractivity contribution is -0.156. The highest BCUT2D eigenvalue weighted by Gasteiger charge is 2.23. The Labute approximate surface area is 164 Å². The van der Waals surface area contributed by atoms with Gasteiger partial charge in [-0.05, 0) is 51.3 Å². The number of hydrogen-bond donors (Lipinski definition) is 2. The lowest BCUT2D eigenvalue weighted by Gasteiger charge is -2.20. The first-order chi connectivity index (χ1) is 12.7. The summed E-state index contributed by atoms with van der Waals surface area (Å²) in [6.45, 7) is 7.35. The maximum absolute atomic E-state index is 12.4. The second-order valence-electron chi connectivity index (χ2n) is 7.36. The molecular weight excluding hydrogens is 362 g/mol. The third-order valence-corrected chi connectivity index (χ3v) is 4.72. The third-order valence-electron chi connectivity index (χ3n) is 3.71. The van der Waals surface area contributed by atoms with Crippen molar-refractivity contribution < 1.29 is 14.3 Å². The number of benzene rings is 1. The van der Waals surface area contributed by atoms with Gasteiger partial charge in [0.25, 0.3) is 0 Å². The van der Waals surface area contributed by atoms with E-state index >= 15 is 0 Å². The lowest BCUT2D eigenvalue weighted by atomic mass is 10.1. The van der Waals surface area contributed by atoms with Gasteiger partial charge in [-0.3, -0.25) is 9.59 Å². The van der Waals surface area contributed by atoms with Crippen LogP contribution in [0.15, 0.2) is 29.6 Å². The van der Waals surface area contributed by atoms with Gasteiger partial charge >= 0.3 is 5.97 Å². The molecule has 0 aliphatic rings. The number of ether oxygens (including phenoxy) is 1. The Hall–Kier alpha value is -2.41. The highest BCUT2D eigenvalue weighted by molar-refractivity contribution is 7.09. The Morgan fingerprint density at radius 2 is 1.93 bits per heavy atom. The SMILES string of the molecule is CCc1csc([C@H](Cc2ccc(N)cc2)NC(=O)CC(=O)OC(C)(C)C)n1. The Balaban J connectivity index is 2.10. The van der Waals surface area contributed by atoms with E-state index < -0.39 is 11.6 Å². The number of amides is 1. The highest BCUT2D eigenvalue weighted by Crippen LogP contribution is 2.23. The van der Waals surface area contributed by atoms with Crippen molar-refractivity contribution in [2.24, 2.45) is 0 Å². The number of nitrogens with one attached hydrogen (secondary N) is 1. The molecule has 146 valence electrons. The third kappa shape index (κ3) is 7.02. The molecule has 2 rings (SSSR count). The van der Waals surface area contributed by atoms with Gasteiger partial charge in [0, 0.05) is 11.1 Å². The fourth-order valence-corrected chi connectivity index (χ4v) is 3.44. The van der Waals surface area contributed by atoms with E-state index in [1.165, 1.54) is 11.3 Å². The second-order valence-corrected chi connectivity index (χ2v) is 8.25. The van der Waals surface area contributed by atoms with E-state index in [9.17, 15) is 9.59 Å². The molecule has 2 aromatic rings. The van der Waals surface area contributed by atoms with Crippen molar-refractivity contribution in [3.05, 3.63) is 45.9 Å². The van der Waals surface area contributed by atoms with Crippen molar-refractivity contribution in [3.63, 3.8) is 0 Å². The number of aryl methyl sites for hydroxylation is 1. The van der Waals surface area contributed by atoms with Crippen molar-refractivity contribution in [3.8, 4) is 0 Å². The average Bonchev–Trinajstić information content (AvgIpc) is 3.03. The minimum atomic E-state index is -0.619. The predicted molar refractivity (Wildman–Crippen MR) is 107 cm³/mol. The summed E-state index contributed by atoms with van der Waals surface area (Å²) in [5, 5.41) is 5.74. The van der Waals surface area contributed by atoms with Crippen molar-refractivity contribution in [2.45, 2.75) is 58.6 Å². The van der Waals surface area contributed by atoms with E-state index in [2.05, 4.69) is 10.3 Å².